The van der Waals surface area contributed by atoms with E-state index in [4.69, 9.17) is 29.5 Å². The summed E-state index contributed by atoms with van der Waals surface area (Å²) in [6.45, 7) is 5.35. The van der Waals surface area contributed by atoms with E-state index in [1.807, 2.05) is 24.7 Å². The Kier molecular flexibility index (Phi) is 9.89. The van der Waals surface area contributed by atoms with Crippen molar-refractivity contribution in [1.29, 1.82) is 0 Å². The van der Waals surface area contributed by atoms with Crippen molar-refractivity contribution in [3.63, 3.8) is 0 Å². The van der Waals surface area contributed by atoms with Crippen LogP contribution in [0.1, 0.15) is 36.1 Å². The van der Waals surface area contributed by atoms with Gasteiger partial charge in [-0.05, 0) is 43.4 Å². The molecule has 10 nitrogen and oxygen atoms in total. The molecular formula is C24H27F6N5O5. The molecule has 2 aliphatic heterocycles. The van der Waals surface area contributed by atoms with Gasteiger partial charge in [0, 0.05) is 43.8 Å². The molecule has 1 saturated carbocycles. The molecule has 4 heterocycles. The van der Waals surface area contributed by atoms with E-state index >= 15 is 0 Å². The van der Waals surface area contributed by atoms with Crippen molar-refractivity contribution < 1.29 is 50.9 Å². The number of carboxylic acid groups (broad SMARTS) is 2. The Bertz CT molecular complexity index is 1140. The van der Waals surface area contributed by atoms with Gasteiger partial charge in [0.2, 0.25) is 5.95 Å². The molecule has 0 bridgehead atoms. The molecule has 2 aromatic heterocycles. The number of nitrogens with zero attached hydrogens (tertiary/aromatic N) is 4. The van der Waals surface area contributed by atoms with E-state index in [2.05, 4.69) is 26.3 Å². The van der Waals surface area contributed by atoms with Crippen LogP contribution in [0.3, 0.4) is 0 Å². The number of nitrogens with one attached hydrogen (secondary N) is 1. The van der Waals surface area contributed by atoms with Crippen LogP contribution in [0.2, 0.25) is 0 Å². The summed E-state index contributed by atoms with van der Waals surface area (Å²) in [4.78, 5) is 34.0. The molecule has 40 heavy (non-hydrogen) atoms. The summed E-state index contributed by atoms with van der Waals surface area (Å²) in [5.41, 5.74) is 3.60. The molecule has 3 aliphatic rings. The Morgan fingerprint density at radius 1 is 1.10 bits per heavy atom. The highest BCUT2D eigenvalue weighted by molar-refractivity contribution is 5.73. The molecule has 220 valence electrons. The van der Waals surface area contributed by atoms with E-state index < -0.39 is 24.3 Å². The summed E-state index contributed by atoms with van der Waals surface area (Å²) in [5.74, 6) is -3.92. The number of likely N-dealkylation sites (tertiary alicyclic amines) is 1. The smallest absolute Gasteiger partial charge is 0.475 e. The molecule has 2 aromatic rings. The fourth-order valence-electron chi connectivity index (χ4n) is 4.19. The number of hydrogen-bond acceptors (Lipinski definition) is 8. The van der Waals surface area contributed by atoms with Gasteiger partial charge in [0.1, 0.15) is 0 Å². The minimum Gasteiger partial charge on any atom is -0.475 e. The third-order valence-corrected chi connectivity index (χ3v) is 6.30. The largest absolute Gasteiger partial charge is 0.490 e. The minimum absolute atomic E-state index is 0.00522. The molecule has 0 radical (unpaired) electrons. The van der Waals surface area contributed by atoms with Gasteiger partial charge in [-0.25, -0.2) is 19.6 Å². The van der Waals surface area contributed by atoms with Crippen molar-refractivity contribution >= 4 is 17.9 Å². The second-order valence-corrected chi connectivity index (χ2v) is 9.59. The highest BCUT2D eigenvalue weighted by atomic mass is 19.4. The Balaban J connectivity index is 0.000000263. The molecule has 5 rings (SSSR count). The number of aromatic nitrogens is 3. The zero-order chi connectivity index (χ0) is 29.6. The van der Waals surface area contributed by atoms with Gasteiger partial charge in [-0.2, -0.15) is 26.3 Å². The van der Waals surface area contributed by atoms with E-state index in [0.717, 1.165) is 56.6 Å². The maximum absolute atomic E-state index is 10.6. The molecule has 1 spiro atoms. The molecular weight excluding hydrogens is 552 g/mol. The first-order chi connectivity index (χ1) is 18.7. The van der Waals surface area contributed by atoms with Crippen LogP contribution < -0.4 is 5.32 Å². The second-order valence-electron chi connectivity index (χ2n) is 9.59. The lowest BCUT2D eigenvalue weighted by atomic mass is 9.80. The average molecular weight is 579 g/mol. The van der Waals surface area contributed by atoms with E-state index in [1.54, 1.807) is 0 Å². The van der Waals surface area contributed by atoms with Crippen LogP contribution in [-0.4, -0.2) is 80.6 Å². The quantitative estimate of drug-likeness (QED) is 0.451. The molecule has 2 fully saturated rings. The van der Waals surface area contributed by atoms with Crippen molar-refractivity contribution in [2.45, 2.75) is 50.2 Å². The number of fused-ring (bicyclic) bond motifs is 2. The number of halogens is 6. The zero-order valence-electron chi connectivity index (χ0n) is 21.0. The number of aliphatic carboxylic acids is 2. The van der Waals surface area contributed by atoms with Crippen molar-refractivity contribution in [2.24, 2.45) is 5.92 Å². The molecule has 1 aliphatic carbocycles. The fourth-order valence-corrected chi connectivity index (χ4v) is 4.19. The summed E-state index contributed by atoms with van der Waals surface area (Å²) in [6, 6.07) is 4.15. The Morgan fingerprint density at radius 2 is 1.75 bits per heavy atom. The summed E-state index contributed by atoms with van der Waals surface area (Å²) in [6.07, 6.45) is -0.675. The van der Waals surface area contributed by atoms with Crippen LogP contribution in [-0.2, 0) is 32.9 Å². The first kappa shape index (κ1) is 31.0. The normalized spacial score (nSPS) is 20.4. The monoisotopic (exact) mass is 579 g/mol. The predicted octanol–water partition coefficient (Wildman–Crippen LogP) is 3.63. The van der Waals surface area contributed by atoms with Crippen LogP contribution in [0, 0.1) is 5.92 Å². The van der Waals surface area contributed by atoms with E-state index in [1.165, 1.54) is 24.1 Å². The fraction of sp³-hybridized carbons (Fsp3) is 0.542. The lowest BCUT2D eigenvalue weighted by Crippen LogP contribution is -2.40. The predicted molar refractivity (Wildman–Crippen MR) is 126 cm³/mol. The number of carbonyl (C=O) groups is 2. The molecule has 1 unspecified atom stereocenters. The lowest BCUT2D eigenvalue weighted by Gasteiger charge is -2.34. The van der Waals surface area contributed by atoms with Crippen molar-refractivity contribution in [1.82, 2.24) is 19.9 Å². The van der Waals surface area contributed by atoms with Crippen LogP contribution in [0.15, 0.2) is 30.7 Å². The summed E-state index contributed by atoms with van der Waals surface area (Å²) in [5, 5.41) is 17.7. The highest BCUT2D eigenvalue weighted by Crippen LogP contribution is 2.39. The Hall–Kier alpha value is -3.53. The molecule has 1 saturated heterocycles. The zero-order valence-corrected chi connectivity index (χ0v) is 21.0. The molecule has 16 heteroatoms. The third kappa shape index (κ3) is 9.01. The Labute approximate surface area is 224 Å². The van der Waals surface area contributed by atoms with Crippen molar-refractivity contribution in [3.8, 4) is 0 Å². The van der Waals surface area contributed by atoms with Crippen LogP contribution in [0.25, 0.3) is 0 Å². The maximum Gasteiger partial charge on any atom is 0.490 e. The van der Waals surface area contributed by atoms with Gasteiger partial charge in [0.05, 0.1) is 24.3 Å². The lowest BCUT2D eigenvalue weighted by molar-refractivity contribution is -0.193. The number of alkyl halides is 6. The number of carboxylic acids is 2. The highest BCUT2D eigenvalue weighted by Gasteiger charge is 2.45. The van der Waals surface area contributed by atoms with Gasteiger partial charge in [-0.15, -0.1) is 0 Å². The first-order valence-electron chi connectivity index (χ1n) is 12.1. The SMILES string of the molecule is O=C(O)C(F)(F)F.O=C(O)C(F)(F)F.c1cncc(CN2CCC3(COCc4cnc(NCC5CC5)nc43)C2)c1. The number of pyridine rings is 1. The number of hydrogen-bond donors (Lipinski definition) is 3. The van der Waals surface area contributed by atoms with E-state index in [0.29, 0.717) is 6.61 Å². The van der Waals surface area contributed by atoms with Crippen molar-refractivity contribution in [3.05, 3.63) is 47.5 Å². The number of anilines is 1. The second kappa shape index (κ2) is 12.8. The van der Waals surface area contributed by atoms with Gasteiger partial charge < -0.3 is 20.3 Å². The summed E-state index contributed by atoms with van der Waals surface area (Å²) < 4.78 is 69.4. The van der Waals surface area contributed by atoms with Gasteiger partial charge in [-0.3, -0.25) is 9.88 Å². The minimum atomic E-state index is -5.08. The van der Waals surface area contributed by atoms with E-state index in [-0.39, 0.29) is 5.41 Å². The van der Waals surface area contributed by atoms with Gasteiger partial charge in [-0.1, -0.05) is 6.07 Å². The number of rotatable bonds is 5. The van der Waals surface area contributed by atoms with Crippen LogP contribution in [0.5, 0.6) is 0 Å². The van der Waals surface area contributed by atoms with Gasteiger partial charge in [0.25, 0.3) is 0 Å². The van der Waals surface area contributed by atoms with Gasteiger partial charge in [0.15, 0.2) is 0 Å². The maximum atomic E-state index is 10.6. The van der Waals surface area contributed by atoms with E-state index in [9.17, 15) is 26.3 Å². The molecule has 3 N–H and O–H groups in total. The molecule has 1 atom stereocenters. The van der Waals surface area contributed by atoms with Crippen molar-refractivity contribution in [2.75, 3.05) is 31.6 Å². The Morgan fingerprint density at radius 3 is 2.30 bits per heavy atom. The topological polar surface area (TPSA) is 138 Å². The van der Waals surface area contributed by atoms with Gasteiger partial charge >= 0.3 is 24.3 Å². The molecule has 0 aromatic carbocycles. The third-order valence-electron chi connectivity index (χ3n) is 6.30. The van der Waals surface area contributed by atoms with Crippen LogP contribution in [0.4, 0.5) is 32.3 Å². The number of ether oxygens (including phenoxy) is 1. The first-order valence-corrected chi connectivity index (χ1v) is 12.1. The average Bonchev–Trinajstić information content (AvgIpc) is 3.64. The summed E-state index contributed by atoms with van der Waals surface area (Å²) >= 11 is 0. The standard InChI is InChI=1S/C20H25N5O.2C2HF3O2/c1-2-16(8-21-6-1)11-25-7-5-20(13-25)14-26-12-17-10-23-19(24-18(17)20)22-9-15-3-4-15;2*3-2(4,5)1(6)7/h1-2,6,8,10,15H,3-5,7,9,11-14H2,(H,22,23,24);2*(H,6,7). The summed E-state index contributed by atoms with van der Waals surface area (Å²) in [7, 11) is 0. The molecule has 0 amide bonds. The van der Waals surface area contributed by atoms with Crippen LogP contribution >= 0.6 is 0 Å².